The Kier molecular flexibility index (Phi) is 4.55. The van der Waals surface area contributed by atoms with Crippen molar-refractivity contribution in [2.75, 3.05) is 0 Å². The second kappa shape index (κ2) is 6.16. The first kappa shape index (κ1) is 13.3. The van der Waals surface area contributed by atoms with Crippen LogP contribution in [0.15, 0.2) is 45.5 Å². The molecule has 1 aromatic heterocycles. The van der Waals surface area contributed by atoms with Gasteiger partial charge in [0.05, 0.1) is 6.26 Å². The van der Waals surface area contributed by atoms with E-state index >= 15 is 0 Å². The molecular weight excluding hydrogens is 297 g/mol. The Morgan fingerprint density at radius 1 is 1.39 bits per heavy atom. The molecule has 96 valence electrons. The van der Waals surface area contributed by atoms with E-state index in [4.69, 9.17) is 4.42 Å². The number of hydrogen-bond acceptors (Lipinski definition) is 2. The van der Waals surface area contributed by atoms with Gasteiger partial charge in [-0.25, -0.2) is 4.39 Å². The summed E-state index contributed by atoms with van der Waals surface area (Å²) >= 11 is 3.24. The van der Waals surface area contributed by atoms with Gasteiger partial charge in [-0.3, -0.25) is 0 Å². The summed E-state index contributed by atoms with van der Waals surface area (Å²) in [6.07, 6.45) is 2.46. The van der Waals surface area contributed by atoms with E-state index in [1.54, 1.807) is 12.3 Å². The van der Waals surface area contributed by atoms with E-state index in [-0.39, 0.29) is 11.9 Å². The lowest BCUT2D eigenvalue weighted by atomic mass is 10.1. The van der Waals surface area contributed by atoms with Crippen molar-refractivity contribution in [3.05, 3.63) is 58.2 Å². The number of furan rings is 1. The van der Waals surface area contributed by atoms with Gasteiger partial charge >= 0.3 is 0 Å². The fourth-order valence-corrected chi connectivity index (χ4v) is 2.09. The minimum atomic E-state index is -0.193. The third kappa shape index (κ3) is 3.68. The Morgan fingerprint density at radius 2 is 2.22 bits per heavy atom. The first-order valence-corrected chi connectivity index (χ1v) is 6.64. The number of rotatable bonds is 5. The van der Waals surface area contributed by atoms with E-state index in [9.17, 15) is 4.39 Å². The summed E-state index contributed by atoms with van der Waals surface area (Å²) in [7, 11) is 0. The van der Waals surface area contributed by atoms with Crippen LogP contribution in [0, 0.1) is 5.82 Å². The van der Waals surface area contributed by atoms with E-state index in [2.05, 4.69) is 28.2 Å². The molecule has 2 aromatic rings. The van der Waals surface area contributed by atoms with Crippen LogP contribution in [0.3, 0.4) is 0 Å². The van der Waals surface area contributed by atoms with E-state index in [1.165, 1.54) is 6.07 Å². The maximum atomic E-state index is 13.6. The molecule has 0 radical (unpaired) electrons. The van der Waals surface area contributed by atoms with Crippen LogP contribution in [-0.4, -0.2) is 6.04 Å². The van der Waals surface area contributed by atoms with Gasteiger partial charge in [-0.15, -0.1) is 0 Å². The quantitative estimate of drug-likeness (QED) is 0.906. The Bertz CT molecular complexity index is 499. The first-order valence-electron chi connectivity index (χ1n) is 5.85. The van der Waals surface area contributed by atoms with Crippen LogP contribution in [0.5, 0.6) is 0 Å². The molecule has 0 spiro atoms. The van der Waals surface area contributed by atoms with Crippen LogP contribution >= 0.6 is 15.9 Å². The third-order valence-electron chi connectivity index (χ3n) is 2.74. The van der Waals surface area contributed by atoms with Gasteiger partial charge in [0.25, 0.3) is 0 Å². The zero-order valence-corrected chi connectivity index (χ0v) is 11.7. The lowest BCUT2D eigenvalue weighted by molar-refractivity contribution is 0.453. The second-order valence-electron chi connectivity index (χ2n) is 4.30. The van der Waals surface area contributed by atoms with Gasteiger partial charge in [0.1, 0.15) is 11.6 Å². The Hall–Kier alpha value is -1.13. The van der Waals surface area contributed by atoms with E-state index in [0.29, 0.717) is 12.1 Å². The molecule has 1 unspecified atom stereocenters. The molecule has 1 heterocycles. The SMILES string of the molecule is CC(Cc1ccco1)NCc1ccc(Br)cc1F. The van der Waals surface area contributed by atoms with Crippen LogP contribution in [0.2, 0.25) is 0 Å². The van der Waals surface area contributed by atoms with E-state index < -0.39 is 0 Å². The molecule has 0 fully saturated rings. The summed E-state index contributed by atoms with van der Waals surface area (Å²) in [4.78, 5) is 0. The van der Waals surface area contributed by atoms with Crippen molar-refractivity contribution >= 4 is 15.9 Å². The predicted octanol–water partition coefficient (Wildman–Crippen LogP) is 3.90. The smallest absolute Gasteiger partial charge is 0.128 e. The van der Waals surface area contributed by atoms with Crippen molar-refractivity contribution in [2.45, 2.75) is 25.9 Å². The Labute approximate surface area is 114 Å². The molecule has 1 atom stereocenters. The van der Waals surface area contributed by atoms with Gasteiger partial charge in [-0.05, 0) is 31.2 Å². The fraction of sp³-hybridized carbons (Fsp3) is 0.286. The largest absolute Gasteiger partial charge is 0.469 e. The molecule has 0 aliphatic carbocycles. The second-order valence-corrected chi connectivity index (χ2v) is 5.22. The molecular formula is C14H15BrFNO. The summed E-state index contributed by atoms with van der Waals surface area (Å²) in [5.74, 6) is 0.744. The van der Waals surface area contributed by atoms with E-state index in [1.807, 2.05) is 18.2 Å². The van der Waals surface area contributed by atoms with Crippen molar-refractivity contribution in [3.8, 4) is 0 Å². The molecule has 0 aliphatic rings. The highest BCUT2D eigenvalue weighted by molar-refractivity contribution is 9.10. The van der Waals surface area contributed by atoms with Crippen molar-refractivity contribution < 1.29 is 8.81 Å². The Morgan fingerprint density at radius 3 is 2.89 bits per heavy atom. The highest BCUT2D eigenvalue weighted by Gasteiger charge is 2.07. The zero-order valence-electron chi connectivity index (χ0n) is 10.1. The summed E-state index contributed by atoms with van der Waals surface area (Å²) in [5, 5.41) is 3.28. The molecule has 18 heavy (non-hydrogen) atoms. The van der Waals surface area contributed by atoms with Crippen molar-refractivity contribution in [3.63, 3.8) is 0 Å². The van der Waals surface area contributed by atoms with Gasteiger partial charge in [0.2, 0.25) is 0 Å². The highest BCUT2D eigenvalue weighted by atomic mass is 79.9. The summed E-state index contributed by atoms with van der Waals surface area (Å²) in [6.45, 7) is 2.57. The third-order valence-corrected chi connectivity index (χ3v) is 3.24. The molecule has 4 heteroatoms. The number of hydrogen-bond donors (Lipinski definition) is 1. The van der Waals surface area contributed by atoms with Crippen LogP contribution < -0.4 is 5.32 Å². The maximum Gasteiger partial charge on any atom is 0.128 e. The minimum absolute atomic E-state index is 0.193. The lowest BCUT2D eigenvalue weighted by Gasteiger charge is -2.13. The molecule has 0 saturated carbocycles. The van der Waals surface area contributed by atoms with Crippen molar-refractivity contribution in [2.24, 2.45) is 0 Å². The van der Waals surface area contributed by atoms with Crippen LogP contribution in [0.25, 0.3) is 0 Å². The highest BCUT2D eigenvalue weighted by Crippen LogP contribution is 2.15. The number of halogens is 2. The molecule has 2 rings (SSSR count). The molecule has 2 nitrogen and oxygen atoms in total. The van der Waals surface area contributed by atoms with Gasteiger partial charge in [-0.2, -0.15) is 0 Å². The van der Waals surface area contributed by atoms with Crippen molar-refractivity contribution in [1.29, 1.82) is 0 Å². The summed E-state index contributed by atoms with van der Waals surface area (Å²) < 4.78 is 19.6. The van der Waals surface area contributed by atoms with Crippen LogP contribution in [0.4, 0.5) is 4.39 Å². The minimum Gasteiger partial charge on any atom is -0.469 e. The topological polar surface area (TPSA) is 25.2 Å². The van der Waals surface area contributed by atoms with Gasteiger partial charge in [0, 0.05) is 29.0 Å². The van der Waals surface area contributed by atoms with Gasteiger partial charge in [0.15, 0.2) is 0 Å². The predicted molar refractivity (Wildman–Crippen MR) is 72.8 cm³/mol. The number of nitrogens with one attached hydrogen (secondary N) is 1. The fourth-order valence-electron chi connectivity index (χ4n) is 1.75. The molecule has 0 aliphatic heterocycles. The van der Waals surface area contributed by atoms with Crippen LogP contribution in [0.1, 0.15) is 18.2 Å². The molecule has 0 bridgehead atoms. The Balaban J connectivity index is 1.87. The molecule has 0 amide bonds. The maximum absolute atomic E-state index is 13.6. The molecule has 0 saturated heterocycles. The standard InChI is InChI=1S/C14H15BrFNO/c1-10(7-13-3-2-6-18-13)17-9-11-4-5-12(15)8-14(11)16/h2-6,8,10,17H,7,9H2,1H3. The van der Waals surface area contributed by atoms with Gasteiger partial charge < -0.3 is 9.73 Å². The summed E-state index contributed by atoms with van der Waals surface area (Å²) in [6, 6.07) is 9.16. The van der Waals surface area contributed by atoms with E-state index in [0.717, 1.165) is 16.7 Å². The molecule has 1 N–H and O–H groups in total. The van der Waals surface area contributed by atoms with Gasteiger partial charge in [-0.1, -0.05) is 22.0 Å². The molecule has 1 aromatic carbocycles. The monoisotopic (exact) mass is 311 g/mol. The first-order chi connectivity index (χ1) is 8.65. The normalized spacial score (nSPS) is 12.6. The lowest BCUT2D eigenvalue weighted by Crippen LogP contribution is -2.27. The average molecular weight is 312 g/mol. The summed E-state index contributed by atoms with van der Waals surface area (Å²) in [5.41, 5.74) is 0.671. The average Bonchev–Trinajstić information content (AvgIpc) is 2.80. The van der Waals surface area contributed by atoms with Crippen LogP contribution in [-0.2, 0) is 13.0 Å². The number of benzene rings is 1. The zero-order chi connectivity index (χ0) is 13.0. The van der Waals surface area contributed by atoms with Crippen molar-refractivity contribution in [1.82, 2.24) is 5.32 Å².